The Balaban J connectivity index is 1.81. The second-order valence-electron chi connectivity index (χ2n) is 8.95. The molecule has 0 unspecified atom stereocenters. The van der Waals surface area contributed by atoms with E-state index in [1.54, 1.807) is 12.1 Å². The second kappa shape index (κ2) is 12.0. The molecule has 182 valence electrons. The van der Waals surface area contributed by atoms with E-state index in [0.717, 1.165) is 56.4 Å². The monoisotopic (exact) mass is 456 g/mol. The molecule has 1 aromatic carbocycles. The molecule has 1 saturated heterocycles. The Morgan fingerprint density at radius 3 is 2.67 bits per heavy atom. The molecule has 8 heteroatoms. The summed E-state index contributed by atoms with van der Waals surface area (Å²) in [5.41, 5.74) is 2.71. The summed E-state index contributed by atoms with van der Waals surface area (Å²) in [6, 6.07) is 6.42. The van der Waals surface area contributed by atoms with Crippen molar-refractivity contribution in [3.63, 3.8) is 0 Å². The minimum absolute atomic E-state index is 0.217. The van der Waals surface area contributed by atoms with Gasteiger partial charge in [0.25, 0.3) is 5.56 Å². The lowest BCUT2D eigenvalue weighted by Crippen LogP contribution is -2.38. The highest BCUT2D eigenvalue weighted by atomic mass is 16.5. The molecule has 0 spiro atoms. The number of hydrogen-bond acceptors (Lipinski definition) is 7. The van der Waals surface area contributed by atoms with Gasteiger partial charge in [-0.25, -0.2) is 10.8 Å². The number of aryl methyl sites for hydroxylation is 1. The van der Waals surface area contributed by atoms with Crippen molar-refractivity contribution in [2.45, 2.75) is 64.8 Å². The lowest BCUT2D eigenvalue weighted by atomic mass is 10.0. The highest BCUT2D eigenvalue weighted by Crippen LogP contribution is 2.31. The SMILES string of the molecule is CCCCCCN(N)c1c(CC)nc(-c2ccc(NC3CCN(C)CC3)cc2OC)[nH]c1=O. The van der Waals surface area contributed by atoms with E-state index < -0.39 is 0 Å². The van der Waals surface area contributed by atoms with Crippen LogP contribution in [-0.2, 0) is 6.42 Å². The Morgan fingerprint density at radius 1 is 1.24 bits per heavy atom. The Bertz CT molecular complexity index is 952. The first-order valence-corrected chi connectivity index (χ1v) is 12.3. The van der Waals surface area contributed by atoms with Gasteiger partial charge >= 0.3 is 0 Å². The highest BCUT2D eigenvalue weighted by molar-refractivity contribution is 5.69. The van der Waals surface area contributed by atoms with Crippen LogP contribution in [0.25, 0.3) is 11.4 Å². The highest BCUT2D eigenvalue weighted by Gasteiger charge is 2.19. The van der Waals surface area contributed by atoms with Crippen LogP contribution in [0.2, 0.25) is 0 Å². The molecule has 4 N–H and O–H groups in total. The van der Waals surface area contributed by atoms with E-state index in [0.29, 0.717) is 42.0 Å². The molecule has 1 aliphatic rings. The molecule has 1 fully saturated rings. The zero-order valence-electron chi connectivity index (χ0n) is 20.6. The first-order chi connectivity index (χ1) is 16.0. The molecule has 33 heavy (non-hydrogen) atoms. The number of rotatable bonds is 11. The third kappa shape index (κ3) is 6.48. The summed E-state index contributed by atoms with van der Waals surface area (Å²) in [6.07, 6.45) is 7.24. The number of nitrogens with one attached hydrogen (secondary N) is 2. The summed E-state index contributed by atoms with van der Waals surface area (Å²) in [7, 11) is 3.80. The topological polar surface area (TPSA) is 99.5 Å². The molecule has 1 aromatic heterocycles. The number of methoxy groups -OCH3 is 1. The van der Waals surface area contributed by atoms with Crippen LogP contribution in [0.5, 0.6) is 5.75 Å². The Morgan fingerprint density at radius 2 is 2.00 bits per heavy atom. The number of aromatic amines is 1. The average molecular weight is 457 g/mol. The van der Waals surface area contributed by atoms with Gasteiger partial charge in [0.15, 0.2) is 0 Å². The molecule has 2 heterocycles. The zero-order chi connectivity index (χ0) is 23.8. The Labute approximate surface area is 197 Å². The number of likely N-dealkylation sites (tertiary alicyclic amines) is 1. The molecule has 8 nitrogen and oxygen atoms in total. The van der Waals surface area contributed by atoms with Crippen LogP contribution < -0.4 is 26.5 Å². The molecule has 0 bridgehead atoms. The predicted molar refractivity (Wildman–Crippen MR) is 136 cm³/mol. The van der Waals surface area contributed by atoms with Gasteiger partial charge in [0.05, 0.1) is 18.4 Å². The van der Waals surface area contributed by atoms with Crippen molar-refractivity contribution in [2.24, 2.45) is 5.84 Å². The largest absolute Gasteiger partial charge is 0.496 e. The quantitative estimate of drug-likeness (QED) is 0.269. The number of benzene rings is 1. The van der Waals surface area contributed by atoms with Crippen molar-refractivity contribution < 1.29 is 4.74 Å². The molecular formula is C25H40N6O2. The number of hydrogen-bond donors (Lipinski definition) is 3. The van der Waals surface area contributed by atoms with E-state index in [-0.39, 0.29) is 5.56 Å². The van der Waals surface area contributed by atoms with Crippen LogP contribution in [0.1, 0.15) is 58.1 Å². The maximum atomic E-state index is 13.0. The van der Waals surface area contributed by atoms with Crippen LogP contribution >= 0.6 is 0 Å². The van der Waals surface area contributed by atoms with Crippen LogP contribution in [-0.4, -0.2) is 54.7 Å². The van der Waals surface area contributed by atoms with Gasteiger partial charge in [-0.15, -0.1) is 0 Å². The van der Waals surface area contributed by atoms with Crippen molar-refractivity contribution in [2.75, 3.05) is 44.1 Å². The average Bonchev–Trinajstić information content (AvgIpc) is 2.82. The maximum absolute atomic E-state index is 13.0. The third-order valence-electron chi connectivity index (χ3n) is 6.39. The zero-order valence-corrected chi connectivity index (χ0v) is 20.6. The van der Waals surface area contributed by atoms with E-state index in [4.69, 9.17) is 15.6 Å². The fourth-order valence-corrected chi connectivity index (χ4v) is 4.37. The van der Waals surface area contributed by atoms with E-state index in [1.807, 2.05) is 25.1 Å². The predicted octanol–water partition coefficient (Wildman–Crippen LogP) is 3.77. The van der Waals surface area contributed by atoms with E-state index in [9.17, 15) is 4.79 Å². The number of aromatic nitrogens is 2. The molecule has 0 atom stereocenters. The van der Waals surface area contributed by atoms with Gasteiger partial charge in [0.1, 0.15) is 17.3 Å². The Hall–Kier alpha value is -2.58. The first-order valence-electron chi connectivity index (χ1n) is 12.3. The lowest BCUT2D eigenvalue weighted by molar-refractivity contribution is 0.264. The number of anilines is 2. The summed E-state index contributed by atoms with van der Waals surface area (Å²) in [6.45, 7) is 7.00. The van der Waals surface area contributed by atoms with Crippen molar-refractivity contribution in [1.82, 2.24) is 14.9 Å². The summed E-state index contributed by atoms with van der Waals surface area (Å²) < 4.78 is 5.67. The number of nitrogens with zero attached hydrogens (tertiary/aromatic N) is 3. The van der Waals surface area contributed by atoms with E-state index >= 15 is 0 Å². The van der Waals surface area contributed by atoms with Gasteiger partial charge in [0, 0.05) is 24.3 Å². The van der Waals surface area contributed by atoms with Crippen molar-refractivity contribution in [3.8, 4) is 17.1 Å². The van der Waals surface area contributed by atoms with Crippen LogP contribution in [0.3, 0.4) is 0 Å². The van der Waals surface area contributed by atoms with Crippen LogP contribution in [0.4, 0.5) is 11.4 Å². The number of hydrazine groups is 1. The molecule has 1 aliphatic heterocycles. The third-order valence-corrected chi connectivity index (χ3v) is 6.39. The molecule has 0 aliphatic carbocycles. The number of ether oxygens (including phenoxy) is 1. The minimum Gasteiger partial charge on any atom is -0.496 e. The van der Waals surface area contributed by atoms with Crippen molar-refractivity contribution in [1.29, 1.82) is 0 Å². The van der Waals surface area contributed by atoms with Gasteiger partial charge in [-0.1, -0.05) is 33.1 Å². The van der Waals surface area contributed by atoms with Gasteiger partial charge in [-0.05, 0) is 58.0 Å². The summed E-state index contributed by atoms with van der Waals surface area (Å²) in [5, 5.41) is 5.17. The van der Waals surface area contributed by atoms with E-state index in [2.05, 4.69) is 29.2 Å². The molecular weight excluding hydrogens is 416 g/mol. The van der Waals surface area contributed by atoms with Crippen molar-refractivity contribution in [3.05, 3.63) is 34.2 Å². The fraction of sp³-hybridized carbons (Fsp3) is 0.600. The van der Waals surface area contributed by atoms with Gasteiger partial charge in [0.2, 0.25) is 0 Å². The van der Waals surface area contributed by atoms with E-state index in [1.165, 1.54) is 6.42 Å². The summed E-state index contributed by atoms with van der Waals surface area (Å²) >= 11 is 0. The number of H-pyrrole nitrogens is 1. The van der Waals surface area contributed by atoms with Crippen LogP contribution in [0.15, 0.2) is 23.0 Å². The summed E-state index contributed by atoms with van der Waals surface area (Å²) in [5.74, 6) is 7.43. The van der Waals surface area contributed by atoms with Crippen molar-refractivity contribution >= 4 is 11.4 Å². The molecule has 0 amide bonds. The second-order valence-corrected chi connectivity index (χ2v) is 8.95. The number of nitrogens with two attached hydrogens (primary N) is 1. The fourth-order valence-electron chi connectivity index (χ4n) is 4.37. The maximum Gasteiger partial charge on any atom is 0.276 e. The van der Waals surface area contributed by atoms with Gasteiger partial charge < -0.3 is 24.9 Å². The first kappa shape index (κ1) is 25.1. The molecule has 0 saturated carbocycles. The van der Waals surface area contributed by atoms with Gasteiger partial charge in [-0.3, -0.25) is 4.79 Å². The molecule has 2 aromatic rings. The Kier molecular flexibility index (Phi) is 9.14. The molecule has 3 rings (SSSR count). The van der Waals surface area contributed by atoms with Crippen LogP contribution in [0, 0.1) is 0 Å². The number of piperidine rings is 1. The standard InChI is InChI=1S/C25H40N6O2/c1-5-7-8-9-14-31(26)23-21(6-2)28-24(29-25(23)32)20-11-10-19(17-22(20)33-4)27-18-12-15-30(3)16-13-18/h10-11,17-18,27H,5-9,12-16,26H2,1-4H3,(H,28,29,32). The minimum atomic E-state index is -0.217. The lowest BCUT2D eigenvalue weighted by Gasteiger charge is -2.30. The number of unbranched alkanes of at least 4 members (excludes halogenated alkanes) is 3. The molecule has 0 radical (unpaired) electrons. The smallest absolute Gasteiger partial charge is 0.276 e. The van der Waals surface area contributed by atoms with Gasteiger partial charge in [-0.2, -0.15) is 0 Å². The summed E-state index contributed by atoms with van der Waals surface area (Å²) in [4.78, 5) is 23.1. The normalized spacial score (nSPS) is 14.9.